The van der Waals surface area contributed by atoms with Gasteiger partial charge in [-0.25, -0.2) is 0 Å². The van der Waals surface area contributed by atoms with Gasteiger partial charge in [0.1, 0.15) is 0 Å². The van der Waals surface area contributed by atoms with Crippen LogP contribution in [0.3, 0.4) is 0 Å². The SMILES string of the molecule is O=C(NC1CCNCC1)C1CCN(C(=O)c2cccc3ccccc23)CC1. The average molecular weight is 365 g/mol. The summed E-state index contributed by atoms with van der Waals surface area (Å²) >= 11 is 0. The summed E-state index contributed by atoms with van der Waals surface area (Å²) in [7, 11) is 0. The highest BCUT2D eigenvalue weighted by atomic mass is 16.2. The van der Waals surface area contributed by atoms with Crippen molar-refractivity contribution in [3.8, 4) is 0 Å². The number of piperidine rings is 2. The van der Waals surface area contributed by atoms with Crippen LogP contribution >= 0.6 is 0 Å². The molecule has 2 amide bonds. The van der Waals surface area contributed by atoms with Crippen molar-refractivity contribution < 1.29 is 9.59 Å². The number of carbonyl (C=O) groups is 2. The molecule has 27 heavy (non-hydrogen) atoms. The second-order valence-corrected chi connectivity index (χ2v) is 7.63. The number of nitrogens with zero attached hydrogens (tertiary/aromatic N) is 1. The Morgan fingerprint density at radius 1 is 0.926 bits per heavy atom. The van der Waals surface area contributed by atoms with Gasteiger partial charge in [-0.05, 0) is 55.6 Å². The molecule has 0 aromatic heterocycles. The largest absolute Gasteiger partial charge is 0.353 e. The molecule has 4 rings (SSSR count). The van der Waals surface area contributed by atoms with Crippen molar-refractivity contribution in [2.45, 2.75) is 31.7 Å². The lowest BCUT2D eigenvalue weighted by Crippen LogP contribution is -2.48. The third kappa shape index (κ3) is 3.98. The Morgan fingerprint density at radius 2 is 1.63 bits per heavy atom. The highest BCUT2D eigenvalue weighted by Crippen LogP contribution is 2.24. The first-order valence-corrected chi connectivity index (χ1v) is 10.0. The molecule has 0 saturated carbocycles. The van der Waals surface area contributed by atoms with Crippen LogP contribution < -0.4 is 10.6 Å². The van der Waals surface area contributed by atoms with Crippen molar-refractivity contribution in [1.29, 1.82) is 0 Å². The van der Waals surface area contributed by atoms with E-state index in [-0.39, 0.29) is 17.7 Å². The third-order valence-electron chi connectivity index (χ3n) is 5.86. The van der Waals surface area contributed by atoms with Gasteiger partial charge in [-0.1, -0.05) is 36.4 Å². The quantitative estimate of drug-likeness (QED) is 0.879. The minimum absolute atomic E-state index is 0.0245. The second-order valence-electron chi connectivity index (χ2n) is 7.63. The minimum Gasteiger partial charge on any atom is -0.353 e. The lowest BCUT2D eigenvalue weighted by Gasteiger charge is -2.33. The molecule has 0 atom stereocenters. The number of hydrogen-bond donors (Lipinski definition) is 2. The standard InChI is InChI=1S/C22H27N3O2/c26-21(24-18-8-12-23-13-9-18)17-10-14-25(15-11-17)22(27)20-7-3-5-16-4-1-2-6-19(16)20/h1-7,17-18,23H,8-15H2,(H,24,26). The van der Waals surface area contributed by atoms with Crippen molar-refractivity contribution >= 4 is 22.6 Å². The molecule has 5 nitrogen and oxygen atoms in total. The van der Waals surface area contributed by atoms with Gasteiger partial charge in [-0.3, -0.25) is 9.59 Å². The molecule has 2 aromatic carbocycles. The van der Waals surface area contributed by atoms with Crippen LogP contribution in [-0.4, -0.2) is 48.9 Å². The van der Waals surface area contributed by atoms with Crippen LogP contribution in [0.25, 0.3) is 10.8 Å². The molecule has 0 spiro atoms. The maximum Gasteiger partial charge on any atom is 0.254 e. The average Bonchev–Trinajstić information content (AvgIpc) is 2.73. The lowest BCUT2D eigenvalue weighted by molar-refractivity contribution is -0.127. The topological polar surface area (TPSA) is 61.4 Å². The monoisotopic (exact) mass is 365 g/mol. The van der Waals surface area contributed by atoms with Crippen molar-refractivity contribution in [3.05, 3.63) is 48.0 Å². The Morgan fingerprint density at radius 3 is 2.41 bits per heavy atom. The lowest BCUT2D eigenvalue weighted by atomic mass is 9.94. The Labute approximate surface area is 160 Å². The summed E-state index contributed by atoms with van der Waals surface area (Å²) in [5.41, 5.74) is 0.755. The van der Waals surface area contributed by atoms with Crippen LogP contribution in [0.1, 0.15) is 36.0 Å². The Hall–Kier alpha value is -2.40. The van der Waals surface area contributed by atoms with Gasteiger partial charge >= 0.3 is 0 Å². The second kappa shape index (κ2) is 8.09. The molecule has 2 aliphatic heterocycles. The molecule has 142 valence electrons. The number of fused-ring (bicyclic) bond motifs is 1. The van der Waals surface area contributed by atoms with E-state index in [1.165, 1.54) is 0 Å². The number of nitrogens with one attached hydrogen (secondary N) is 2. The van der Waals surface area contributed by atoms with Gasteiger partial charge in [-0.15, -0.1) is 0 Å². The Bertz CT molecular complexity index is 816. The molecule has 5 heteroatoms. The molecular weight excluding hydrogens is 338 g/mol. The first-order chi connectivity index (χ1) is 13.2. The smallest absolute Gasteiger partial charge is 0.254 e. The number of carbonyl (C=O) groups excluding carboxylic acids is 2. The van der Waals surface area contributed by atoms with Crippen LogP contribution in [-0.2, 0) is 4.79 Å². The third-order valence-corrected chi connectivity index (χ3v) is 5.86. The summed E-state index contributed by atoms with van der Waals surface area (Å²) in [6.07, 6.45) is 3.49. The fourth-order valence-electron chi connectivity index (χ4n) is 4.21. The maximum atomic E-state index is 13.0. The Balaban J connectivity index is 1.37. The Kier molecular flexibility index (Phi) is 5.39. The van der Waals surface area contributed by atoms with Crippen LogP contribution in [0, 0.1) is 5.92 Å². The van der Waals surface area contributed by atoms with E-state index < -0.39 is 0 Å². The van der Waals surface area contributed by atoms with E-state index in [2.05, 4.69) is 10.6 Å². The van der Waals surface area contributed by atoms with Crippen molar-refractivity contribution in [1.82, 2.24) is 15.5 Å². The molecule has 2 N–H and O–H groups in total. The summed E-state index contributed by atoms with van der Waals surface area (Å²) in [6, 6.07) is 14.2. The first kappa shape index (κ1) is 18.0. The van der Waals surface area contributed by atoms with E-state index in [1.807, 2.05) is 47.4 Å². The van der Waals surface area contributed by atoms with Crippen molar-refractivity contribution in [2.24, 2.45) is 5.92 Å². The fourth-order valence-corrected chi connectivity index (χ4v) is 4.21. The highest BCUT2D eigenvalue weighted by Gasteiger charge is 2.29. The summed E-state index contributed by atoms with van der Waals surface area (Å²) in [4.78, 5) is 27.5. The number of likely N-dealkylation sites (tertiary alicyclic amines) is 1. The molecule has 0 aliphatic carbocycles. The highest BCUT2D eigenvalue weighted by molar-refractivity contribution is 6.07. The zero-order valence-corrected chi connectivity index (χ0v) is 15.6. The summed E-state index contributed by atoms with van der Waals surface area (Å²) < 4.78 is 0. The van der Waals surface area contributed by atoms with Gasteiger partial charge in [-0.2, -0.15) is 0 Å². The van der Waals surface area contributed by atoms with Crippen LogP contribution in [0.4, 0.5) is 0 Å². The van der Waals surface area contributed by atoms with Crippen LogP contribution in [0.15, 0.2) is 42.5 Å². The predicted molar refractivity (Wildman–Crippen MR) is 107 cm³/mol. The fraction of sp³-hybridized carbons (Fsp3) is 0.455. The van der Waals surface area contributed by atoms with E-state index in [4.69, 9.17) is 0 Å². The zero-order valence-electron chi connectivity index (χ0n) is 15.6. The molecule has 2 saturated heterocycles. The van der Waals surface area contributed by atoms with Crippen molar-refractivity contribution in [3.63, 3.8) is 0 Å². The maximum absolute atomic E-state index is 13.0. The van der Waals surface area contributed by atoms with Gasteiger partial charge in [0.25, 0.3) is 5.91 Å². The summed E-state index contributed by atoms with van der Waals surface area (Å²) in [5, 5.41) is 8.60. The van der Waals surface area contributed by atoms with Gasteiger partial charge in [0, 0.05) is 30.6 Å². The zero-order chi connectivity index (χ0) is 18.6. The van der Waals surface area contributed by atoms with Gasteiger partial charge < -0.3 is 15.5 Å². The number of rotatable bonds is 3. The molecular formula is C22H27N3O2. The van der Waals surface area contributed by atoms with E-state index >= 15 is 0 Å². The van der Waals surface area contributed by atoms with Crippen LogP contribution in [0.2, 0.25) is 0 Å². The molecule has 0 unspecified atom stereocenters. The number of benzene rings is 2. The predicted octanol–water partition coefficient (Wildman–Crippen LogP) is 2.56. The van der Waals surface area contributed by atoms with E-state index in [0.717, 1.165) is 55.1 Å². The van der Waals surface area contributed by atoms with E-state index in [9.17, 15) is 9.59 Å². The summed E-state index contributed by atoms with van der Waals surface area (Å²) in [6.45, 7) is 3.24. The van der Waals surface area contributed by atoms with E-state index in [0.29, 0.717) is 19.1 Å². The molecule has 2 heterocycles. The summed E-state index contributed by atoms with van der Waals surface area (Å²) in [5.74, 6) is 0.264. The van der Waals surface area contributed by atoms with E-state index in [1.54, 1.807) is 0 Å². The number of hydrogen-bond acceptors (Lipinski definition) is 3. The number of amides is 2. The van der Waals surface area contributed by atoms with Crippen LogP contribution in [0.5, 0.6) is 0 Å². The van der Waals surface area contributed by atoms with Gasteiger partial charge in [0.2, 0.25) is 5.91 Å². The first-order valence-electron chi connectivity index (χ1n) is 10.0. The minimum atomic E-state index is 0.0245. The van der Waals surface area contributed by atoms with Gasteiger partial charge in [0.15, 0.2) is 0 Å². The normalized spacial score (nSPS) is 19.2. The molecule has 2 aliphatic rings. The molecule has 2 fully saturated rings. The van der Waals surface area contributed by atoms with Gasteiger partial charge in [0.05, 0.1) is 0 Å². The molecule has 0 radical (unpaired) electrons. The molecule has 2 aromatic rings. The van der Waals surface area contributed by atoms with Crippen molar-refractivity contribution in [2.75, 3.05) is 26.2 Å². The molecule has 0 bridgehead atoms.